The predicted octanol–water partition coefficient (Wildman–Crippen LogP) is 3.67. The molecule has 0 bridgehead atoms. The van der Waals surface area contributed by atoms with Gasteiger partial charge in [0, 0.05) is 13.1 Å². The highest BCUT2D eigenvalue weighted by molar-refractivity contribution is 6.01. The second-order valence-electron chi connectivity index (χ2n) is 10.0. The van der Waals surface area contributed by atoms with E-state index >= 15 is 0 Å². The molecule has 1 aromatic carbocycles. The maximum atomic E-state index is 12.7. The van der Waals surface area contributed by atoms with Gasteiger partial charge < -0.3 is 15.6 Å². The van der Waals surface area contributed by atoms with Crippen molar-refractivity contribution in [2.75, 3.05) is 38.0 Å². The van der Waals surface area contributed by atoms with Gasteiger partial charge in [0.25, 0.3) is 0 Å². The summed E-state index contributed by atoms with van der Waals surface area (Å²) in [7, 11) is 0. The van der Waals surface area contributed by atoms with E-state index in [1.807, 2.05) is 0 Å². The van der Waals surface area contributed by atoms with Gasteiger partial charge in [-0.05, 0) is 88.0 Å². The summed E-state index contributed by atoms with van der Waals surface area (Å²) in [4.78, 5) is 21.8. The monoisotopic (exact) mass is 479 g/mol. The first-order valence-electron chi connectivity index (χ1n) is 13.2. The van der Waals surface area contributed by atoms with E-state index in [9.17, 15) is 4.79 Å². The number of rotatable bonds is 10. The van der Waals surface area contributed by atoms with E-state index in [1.165, 1.54) is 57.4 Å². The van der Waals surface area contributed by atoms with Crippen LogP contribution in [0.15, 0.2) is 34.1 Å². The lowest BCUT2D eigenvalue weighted by Gasteiger charge is -2.37. The quantitative estimate of drug-likeness (QED) is 0.237. The molecule has 2 aliphatic heterocycles. The average molecular weight is 480 g/mol. The molecule has 0 atom stereocenters. The van der Waals surface area contributed by atoms with Gasteiger partial charge in [-0.25, -0.2) is 9.79 Å². The van der Waals surface area contributed by atoms with Crippen LogP contribution in [-0.4, -0.2) is 59.7 Å². The Kier molecular flexibility index (Phi) is 8.93. The summed E-state index contributed by atoms with van der Waals surface area (Å²) in [6.07, 6.45) is 7.37. The second-order valence-corrected chi connectivity index (χ2v) is 10.0. The lowest BCUT2D eigenvalue weighted by atomic mass is 9.79. The van der Waals surface area contributed by atoms with Crippen LogP contribution in [0.2, 0.25) is 0 Å². The lowest BCUT2D eigenvalue weighted by Crippen LogP contribution is -2.39. The Labute approximate surface area is 208 Å². The number of nitrogens with one attached hydrogen (secondary N) is 4. The fourth-order valence-electron chi connectivity index (χ4n) is 5.53. The predicted molar refractivity (Wildman–Crippen MR) is 144 cm³/mol. The molecule has 8 heteroatoms. The molecule has 3 heterocycles. The number of imidazole rings is 1. The summed E-state index contributed by atoms with van der Waals surface area (Å²) in [5.41, 5.74) is 2.52. The number of aromatic nitrogens is 2. The Morgan fingerprint density at radius 1 is 1.09 bits per heavy atom. The van der Waals surface area contributed by atoms with Crippen molar-refractivity contribution in [2.45, 2.75) is 58.5 Å². The van der Waals surface area contributed by atoms with Crippen LogP contribution in [0.25, 0.3) is 0 Å². The zero-order valence-electron chi connectivity index (χ0n) is 21.1. The summed E-state index contributed by atoms with van der Waals surface area (Å²) in [6, 6.07) is 8.60. The van der Waals surface area contributed by atoms with E-state index in [0.29, 0.717) is 18.1 Å². The number of aromatic amines is 1. The first-order chi connectivity index (χ1) is 17.1. The molecule has 2 fully saturated rings. The van der Waals surface area contributed by atoms with Crippen LogP contribution < -0.4 is 16.3 Å². The number of amidine groups is 1. The number of H-pyrrole nitrogens is 1. The highest BCUT2D eigenvalue weighted by atomic mass is 16.1. The fourth-order valence-corrected chi connectivity index (χ4v) is 5.53. The maximum absolute atomic E-state index is 12.7. The van der Waals surface area contributed by atoms with Gasteiger partial charge in [0.2, 0.25) is 0 Å². The van der Waals surface area contributed by atoms with Crippen molar-refractivity contribution in [1.29, 1.82) is 5.41 Å². The smallest absolute Gasteiger partial charge is 0.328 e. The normalized spacial score (nSPS) is 18.0. The Balaban J connectivity index is 1.36. The first-order valence-corrected chi connectivity index (χ1v) is 13.2. The van der Waals surface area contributed by atoms with Gasteiger partial charge >= 0.3 is 5.69 Å². The van der Waals surface area contributed by atoms with E-state index < -0.39 is 0 Å². The molecule has 2 aliphatic rings. The number of likely N-dealkylation sites (tertiary alicyclic amines) is 1. The highest BCUT2D eigenvalue weighted by Crippen LogP contribution is 2.31. The topological polar surface area (TPSA) is 101 Å². The van der Waals surface area contributed by atoms with Gasteiger partial charge in [0.1, 0.15) is 11.5 Å². The first kappa shape index (κ1) is 25.4. The number of unbranched alkanes of at least 4 members (excludes halogenated alkanes) is 1. The van der Waals surface area contributed by atoms with Crippen LogP contribution in [0, 0.1) is 17.2 Å². The minimum absolute atomic E-state index is 0.0286. The minimum Gasteiger partial charge on any atom is -0.369 e. The third-order valence-corrected chi connectivity index (χ3v) is 7.65. The molecule has 8 nitrogen and oxygen atoms in total. The molecule has 0 spiro atoms. The Morgan fingerprint density at radius 2 is 1.71 bits per heavy atom. The average Bonchev–Trinajstić information content (AvgIpc) is 3.20. The van der Waals surface area contributed by atoms with Gasteiger partial charge in [-0.3, -0.25) is 14.9 Å². The van der Waals surface area contributed by atoms with E-state index in [4.69, 9.17) is 5.41 Å². The Bertz CT molecular complexity index is 1020. The zero-order chi connectivity index (χ0) is 24.6. The minimum atomic E-state index is -0.243. The van der Waals surface area contributed by atoms with Gasteiger partial charge in [-0.1, -0.05) is 37.6 Å². The molecule has 4 N–H and O–H groups in total. The molecule has 2 saturated heterocycles. The van der Waals surface area contributed by atoms with Crippen LogP contribution in [0.1, 0.15) is 62.3 Å². The van der Waals surface area contributed by atoms with Crippen LogP contribution in [-0.2, 0) is 13.1 Å². The summed E-state index contributed by atoms with van der Waals surface area (Å²) in [5, 5.41) is 14.9. The van der Waals surface area contributed by atoms with Gasteiger partial charge in [0.05, 0.1) is 6.54 Å². The standard InChI is InChI=1S/C27H41N7O/c1-3-4-13-31-26-24(25(28)29-2)32-27(35)34(26)19-21-7-5-20(6-8-21)18-33-16-11-23(12-17-33)22-9-14-30-15-10-22/h5-8,22-23,28,30-31H,2-4,9-19H2,1H3,(H,32,35). The summed E-state index contributed by atoms with van der Waals surface area (Å²) in [6.45, 7) is 12.5. The number of benzene rings is 1. The van der Waals surface area contributed by atoms with E-state index in [1.54, 1.807) is 4.57 Å². The molecule has 1 aromatic heterocycles. The van der Waals surface area contributed by atoms with Crippen LogP contribution in [0.3, 0.4) is 0 Å². The molecule has 2 aromatic rings. The fraction of sp³-hybridized carbons (Fsp3) is 0.593. The van der Waals surface area contributed by atoms with Crippen molar-refractivity contribution in [2.24, 2.45) is 16.8 Å². The van der Waals surface area contributed by atoms with Crippen molar-refractivity contribution >= 4 is 18.4 Å². The molecule has 190 valence electrons. The van der Waals surface area contributed by atoms with Gasteiger partial charge in [0.15, 0.2) is 5.84 Å². The Morgan fingerprint density at radius 3 is 2.34 bits per heavy atom. The molecular formula is C27H41N7O. The van der Waals surface area contributed by atoms with Crippen LogP contribution >= 0.6 is 0 Å². The molecule has 0 aliphatic carbocycles. The van der Waals surface area contributed by atoms with Gasteiger partial charge in [-0.2, -0.15) is 0 Å². The van der Waals surface area contributed by atoms with Crippen molar-refractivity contribution in [3.8, 4) is 0 Å². The molecule has 4 rings (SSSR count). The highest BCUT2D eigenvalue weighted by Gasteiger charge is 2.27. The van der Waals surface area contributed by atoms with Crippen molar-refractivity contribution in [3.05, 3.63) is 51.6 Å². The second kappa shape index (κ2) is 12.3. The largest absolute Gasteiger partial charge is 0.369 e. The molecular weight excluding hydrogens is 438 g/mol. The van der Waals surface area contributed by atoms with Crippen LogP contribution in [0.4, 0.5) is 5.82 Å². The van der Waals surface area contributed by atoms with Crippen molar-refractivity contribution < 1.29 is 0 Å². The number of nitrogens with zero attached hydrogens (tertiary/aromatic N) is 3. The van der Waals surface area contributed by atoms with E-state index in [2.05, 4.69) is 63.4 Å². The number of anilines is 1. The Hall–Kier alpha value is -2.71. The summed E-state index contributed by atoms with van der Waals surface area (Å²) >= 11 is 0. The van der Waals surface area contributed by atoms with E-state index in [0.717, 1.165) is 43.3 Å². The van der Waals surface area contributed by atoms with Crippen molar-refractivity contribution in [3.63, 3.8) is 0 Å². The zero-order valence-corrected chi connectivity index (χ0v) is 21.1. The number of aliphatic imine (C=N–C) groups is 1. The van der Waals surface area contributed by atoms with Crippen LogP contribution in [0.5, 0.6) is 0 Å². The third kappa shape index (κ3) is 6.49. The molecule has 35 heavy (non-hydrogen) atoms. The number of hydrogen-bond donors (Lipinski definition) is 4. The molecule has 0 radical (unpaired) electrons. The third-order valence-electron chi connectivity index (χ3n) is 7.65. The maximum Gasteiger partial charge on any atom is 0.328 e. The SMILES string of the molecule is C=NC(=N)c1[nH]c(=O)n(Cc2ccc(CN3CCC(C4CCNCC4)CC3)cc2)c1NCCCC. The summed E-state index contributed by atoms with van der Waals surface area (Å²) in [5.74, 6) is 2.40. The number of hydrogen-bond acceptors (Lipinski definition) is 5. The van der Waals surface area contributed by atoms with Crippen molar-refractivity contribution in [1.82, 2.24) is 19.8 Å². The lowest BCUT2D eigenvalue weighted by molar-refractivity contribution is 0.126. The van der Waals surface area contributed by atoms with Gasteiger partial charge in [-0.15, -0.1) is 0 Å². The number of piperidine rings is 2. The summed E-state index contributed by atoms with van der Waals surface area (Å²) < 4.78 is 1.66. The molecule has 0 amide bonds. The molecule has 0 saturated carbocycles. The van der Waals surface area contributed by atoms with E-state index in [-0.39, 0.29) is 11.5 Å². The molecule has 0 unspecified atom stereocenters.